The minimum Gasteiger partial charge on any atom is -0.273 e. The summed E-state index contributed by atoms with van der Waals surface area (Å²) in [6.45, 7) is 2.34. The standard InChI is InChI=1S/C23H24N4O3/c1-2-12-27-23(30)19-9-4-3-8-18(19)21(26-27)22(29)25-24-20(28)14-15-10-11-16-6-5-7-17(16)13-15/h3-4,8-11,13H,2,5-7,12,14H2,1H3,(H,24,28)(H,25,29). The summed E-state index contributed by atoms with van der Waals surface area (Å²) in [4.78, 5) is 37.6. The Morgan fingerprint density at radius 3 is 2.60 bits per heavy atom. The van der Waals surface area contributed by atoms with Gasteiger partial charge in [-0.3, -0.25) is 25.2 Å². The zero-order valence-corrected chi connectivity index (χ0v) is 16.9. The Hall–Kier alpha value is -3.48. The number of hydrogen-bond acceptors (Lipinski definition) is 4. The van der Waals surface area contributed by atoms with E-state index in [1.165, 1.54) is 15.8 Å². The van der Waals surface area contributed by atoms with Crippen LogP contribution in [-0.4, -0.2) is 21.6 Å². The van der Waals surface area contributed by atoms with E-state index in [1.54, 1.807) is 24.3 Å². The molecule has 0 radical (unpaired) electrons. The highest BCUT2D eigenvalue weighted by Gasteiger charge is 2.17. The molecule has 2 N–H and O–H groups in total. The minimum atomic E-state index is -0.557. The van der Waals surface area contributed by atoms with Crippen LogP contribution in [0.2, 0.25) is 0 Å². The summed E-state index contributed by atoms with van der Waals surface area (Å²) < 4.78 is 1.30. The number of hydrazine groups is 1. The van der Waals surface area contributed by atoms with Gasteiger partial charge in [0.15, 0.2) is 5.69 Å². The number of rotatable bonds is 5. The predicted octanol–water partition coefficient (Wildman–Crippen LogP) is 2.30. The van der Waals surface area contributed by atoms with E-state index < -0.39 is 5.91 Å². The van der Waals surface area contributed by atoms with Gasteiger partial charge in [0.2, 0.25) is 5.91 Å². The predicted molar refractivity (Wildman–Crippen MR) is 114 cm³/mol. The molecular weight excluding hydrogens is 380 g/mol. The average molecular weight is 404 g/mol. The maximum Gasteiger partial charge on any atom is 0.290 e. The molecule has 3 aromatic rings. The van der Waals surface area contributed by atoms with Crippen molar-refractivity contribution < 1.29 is 9.59 Å². The molecule has 1 aliphatic carbocycles. The smallest absolute Gasteiger partial charge is 0.273 e. The van der Waals surface area contributed by atoms with Gasteiger partial charge in [-0.2, -0.15) is 5.10 Å². The third-order valence-electron chi connectivity index (χ3n) is 5.36. The number of aryl methyl sites for hydroxylation is 3. The molecule has 0 saturated carbocycles. The highest BCUT2D eigenvalue weighted by Crippen LogP contribution is 2.23. The molecule has 0 bridgehead atoms. The molecular formula is C23H24N4O3. The molecule has 154 valence electrons. The van der Waals surface area contributed by atoms with Crippen LogP contribution in [0, 0.1) is 0 Å². The van der Waals surface area contributed by atoms with Gasteiger partial charge in [0, 0.05) is 11.9 Å². The normalized spacial score (nSPS) is 12.6. The van der Waals surface area contributed by atoms with E-state index in [-0.39, 0.29) is 23.6 Å². The largest absolute Gasteiger partial charge is 0.290 e. The van der Waals surface area contributed by atoms with Crippen LogP contribution in [0.4, 0.5) is 0 Å². The maximum absolute atomic E-state index is 12.7. The van der Waals surface area contributed by atoms with Crippen molar-refractivity contribution in [2.75, 3.05) is 0 Å². The van der Waals surface area contributed by atoms with Crippen LogP contribution in [-0.2, 0) is 30.6 Å². The van der Waals surface area contributed by atoms with Gasteiger partial charge in [-0.15, -0.1) is 0 Å². The first-order valence-electron chi connectivity index (χ1n) is 10.3. The van der Waals surface area contributed by atoms with E-state index >= 15 is 0 Å². The molecule has 0 atom stereocenters. The van der Waals surface area contributed by atoms with E-state index in [0.717, 1.165) is 24.8 Å². The first kappa shape index (κ1) is 19.8. The molecule has 2 amide bonds. The molecule has 2 aromatic carbocycles. The van der Waals surface area contributed by atoms with Crippen LogP contribution >= 0.6 is 0 Å². The Kier molecular flexibility index (Phi) is 5.61. The van der Waals surface area contributed by atoms with E-state index in [0.29, 0.717) is 23.7 Å². The SMILES string of the molecule is CCCn1nc(C(=O)NNC(=O)Cc2ccc3c(c2)CCC3)c2ccccc2c1=O. The van der Waals surface area contributed by atoms with Crippen LogP contribution < -0.4 is 16.4 Å². The zero-order valence-electron chi connectivity index (χ0n) is 16.9. The molecule has 7 heteroatoms. The summed E-state index contributed by atoms with van der Waals surface area (Å²) >= 11 is 0. The zero-order chi connectivity index (χ0) is 21.1. The molecule has 0 fully saturated rings. The van der Waals surface area contributed by atoms with Crippen LogP contribution in [0.5, 0.6) is 0 Å². The lowest BCUT2D eigenvalue weighted by Crippen LogP contribution is -2.43. The quantitative estimate of drug-likeness (QED) is 0.638. The van der Waals surface area contributed by atoms with Gasteiger partial charge in [0.1, 0.15) is 0 Å². The number of hydrogen-bond donors (Lipinski definition) is 2. The highest BCUT2D eigenvalue weighted by molar-refractivity contribution is 6.05. The molecule has 1 aromatic heterocycles. The monoisotopic (exact) mass is 404 g/mol. The first-order chi connectivity index (χ1) is 14.6. The lowest BCUT2D eigenvalue weighted by molar-refractivity contribution is -0.121. The Bertz CT molecular complexity index is 1180. The van der Waals surface area contributed by atoms with Crippen molar-refractivity contribution in [3.05, 3.63) is 75.2 Å². The fourth-order valence-corrected chi connectivity index (χ4v) is 3.92. The third-order valence-corrected chi connectivity index (χ3v) is 5.36. The van der Waals surface area contributed by atoms with E-state index in [1.807, 2.05) is 13.0 Å². The summed E-state index contributed by atoms with van der Waals surface area (Å²) in [5.41, 5.74) is 8.35. The summed E-state index contributed by atoms with van der Waals surface area (Å²) in [5, 5.41) is 5.12. The van der Waals surface area contributed by atoms with E-state index in [2.05, 4.69) is 28.1 Å². The van der Waals surface area contributed by atoms with Crippen molar-refractivity contribution in [3.63, 3.8) is 0 Å². The summed E-state index contributed by atoms with van der Waals surface area (Å²) in [6, 6.07) is 13.0. The Balaban J connectivity index is 1.48. The molecule has 4 rings (SSSR count). The second-order valence-electron chi connectivity index (χ2n) is 7.56. The van der Waals surface area contributed by atoms with Crippen LogP contribution in [0.3, 0.4) is 0 Å². The highest BCUT2D eigenvalue weighted by atomic mass is 16.2. The third kappa shape index (κ3) is 3.96. The van der Waals surface area contributed by atoms with Crippen LogP contribution in [0.25, 0.3) is 10.8 Å². The summed E-state index contributed by atoms with van der Waals surface area (Å²) in [7, 11) is 0. The number of nitrogens with zero attached hydrogens (tertiary/aromatic N) is 2. The van der Waals surface area contributed by atoms with Crippen molar-refractivity contribution in [1.29, 1.82) is 0 Å². The number of carbonyl (C=O) groups is 2. The van der Waals surface area contributed by atoms with Gasteiger partial charge in [0.25, 0.3) is 11.5 Å². The second-order valence-corrected chi connectivity index (χ2v) is 7.56. The van der Waals surface area contributed by atoms with Crippen LogP contribution in [0.15, 0.2) is 47.3 Å². The lowest BCUT2D eigenvalue weighted by atomic mass is 10.0. The number of nitrogens with one attached hydrogen (secondary N) is 2. The van der Waals surface area contributed by atoms with Gasteiger partial charge in [-0.05, 0) is 48.4 Å². The fraction of sp³-hybridized carbons (Fsp3) is 0.304. The van der Waals surface area contributed by atoms with Gasteiger partial charge < -0.3 is 0 Å². The molecule has 1 heterocycles. The van der Waals surface area contributed by atoms with Crippen molar-refractivity contribution in [2.24, 2.45) is 0 Å². The molecule has 0 saturated heterocycles. The maximum atomic E-state index is 12.7. The molecule has 0 aliphatic heterocycles. The first-order valence-corrected chi connectivity index (χ1v) is 10.3. The Morgan fingerprint density at radius 2 is 1.80 bits per heavy atom. The number of aromatic nitrogens is 2. The van der Waals surface area contributed by atoms with Crippen molar-refractivity contribution in [1.82, 2.24) is 20.6 Å². The van der Waals surface area contributed by atoms with Gasteiger partial charge in [-0.1, -0.05) is 43.3 Å². The van der Waals surface area contributed by atoms with Gasteiger partial charge >= 0.3 is 0 Å². The number of carbonyl (C=O) groups excluding carboxylic acids is 2. The minimum absolute atomic E-state index is 0.108. The van der Waals surface area contributed by atoms with E-state index in [4.69, 9.17) is 0 Å². The Labute approximate surface area is 174 Å². The lowest BCUT2D eigenvalue weighted by Gasteiger charge is -2.11. The van der Waals surface area contributed by atoms with Crippen molar-refractivity contribution in [3.8, 4) is 0 Å². The Morgan fingerprint density at radius 1 is 1.03 bits per heavy atom. The number of benzene rings is 2. The van der Waals surface area contributed by atoms with Gasteiger partial charge in [-0.25, -0.2) is 4.68 Å². The van der Waals surface area contributed by atoms with Gasteiger partial charge in [0.05, 0.1) is 11.8 Å². The summed E-state index contributed by atoms with van der Waals surface area (Å²) in [6.07, 6.45) is 4.19. The van der Waals surface area contributed by atoms with Crippen molar-refractivity contribution >= 4 is 22.6 Å². The second kappa shape index (κ2) is 8.49. The average Bonchev–Trinajstić information content (AvgIpc) is 3.22. The summed E-state index contributed by atoms with van der Waals surface area (Å²) in [5.74, 6) is -0.870. The fourth-order valence-electron chi connectivity index (χ4n) is 3.92. The molecule has 1 aliphatic rings. The molecule has 7 nitrogen and oxygen atoms in total. The van der Waals surface area contributed by atoms with Crippen molar-refractivity contribution in [2.45, 2.75) is 45.6 Å². The van der Waals surface area contributed by atoms with E-state index in [9.17, 15) is 14.4 Å². The topological polar surface area (TPSA) is 93.1 Å². The van der Waals surface area contributed by atoms with Crippen LogP contribution in [0.1, 0.15) is 46.9 Å². The molecule has 0 spiro atoms. The molecule has 0 unspecified atom stereocenters. The molecule has 30 heavy (non-hydrogen) atoms. The number of fused-ring (bicyclic) bond motifs is 2. The number of amides is 2.